The van der Waals surface area contributed by atoms with E-state index in [1.54, 1.807) is 0 Å². The number of aromatic nitrogens is 1. The minimum Gasteiger partial charge on any atom is -0.456 e. The molecular formula is C53H34N2O2. The molecule has 0 saturated carbocycles. The summed E-state index contributed by atoms with van der Waals surface area (Å²) < 4.78 is 12.9. The standard InChI is InChI=1S/C53H34N2O2/c1-3-13-35(14-4-1)40-19-11-20-43(33-40)55(41-29-25-37(26-30-41)45-23-12-18-36-15-7-8-21-44(36)45)42-31-27-38(28-32-42)50-51-46-22-9-10-24-47(46)56-48(51)34-49-52(50)54-53(57-49)39-16-5-2-6-17-39/h1-34H. The molecule has 0 unspecified atom stereocenters. The van der Waals surface area contributed by atoms with Crippen LogP contribution in [0.5, 0.6) is 0 Å². The average molecular weight is 731 g/mol. The van der Waals surface area contributed by atoms with Crippen molar-refractivity contribution in [2.45, 2.75) is 0 Å². The molecule has 0 fully saturated rings. The maximum absolute atomic E-state index is 6.43. The van der Waals surface area contributed by atoms with Gasteiger partial charge in [0.15, 0.2) is 5.58 Å². The van der Waals surface area contributed by atoms with Crippen molar-refractivity contribution in [1.29, 1.82) is 0 Å². The normalized spacial score (nSPS) is 11.5. The van der Waals surface area contributed by atoms with Crippen LogP contribution in [0.1, 0.15) is 0 Å². The first-order valence-corrected chi connectivity index (χ1v) is 19.2. The molecule has 0 atom stereocenters. The van der Waals surface area contributed by atoms with Gasteiger partial charge < -0.3 is 13.7 Å². The third-order valence-electron chi connectivity index (χ3n) is 10.9. The van der Waals surface area contributed by atoms with Crippen LogP contribution in [0.25, 0.3) is 88.6 Å². The van der Waals surface area contributed by atoms with E-state index < -0.39 is 0 Å². The lowest BCUT2D eigenvalue weighted by molar-refractivity contribution is 0.617. The maximum atomic E-state index is 6.43. The van der Waals surface area contributed by atoms with Crippen molar-refractivity contribution < 1.29 is 8.83 Å². The number of furan rings is 1. The summed E-state index contributed by atoms with van der Waals surface area (Å²) in [5.74, 6) is 0.580. The van der Waals surface area contributed by atoms with Crippen LogP contribution in [0.4, 0.5) is 17.1 Å². The molecule has 0 saturated heterocycles. The molecule has 57 heavy (non-hydrogen) atoms. The fraction of sp³-hybridized carbons (Fsp3) is 0. The first-order chi connectivity index (χ1) is 28.2. The van der Waals surface area contributed by atoms with Crippen LogP contribution in [0, 0.1) is 0 Å². The summed E-state index contributed by atoms with van der Waals surface area (Å²) in [7, 11) is 0. The lowest BCUT2D eigenvalue weighted by atomic mass is 9.97. The molecule has 0 N–H and O–H groups in total. The zero-order chi connectivity index (χ0) is 37.7. The van der Waals surface area contributed by atoms with Crippen LogP contribution in [0.2, 0.25) is 0 Å². The Balaban J connectivity index is 1.06. The Morgan fingerprint density at radius 2 is 0.982 bits per heavy atom. The van der Waals surface area contributed by atoms with Crippen LogP contribution in [-0.2, 0) is 0 Å². The molecule has 0 aliphatic rings. The van der Waals surface area contributed by atoms with E-state index in [1.165, 1.54) is 27.5 Å². The minimum absolute atomic E-state index is 0.580. The molecular weight excluding hydrogens is 697 g/mol. The van der Waals surface area contributed by atoms with Gasteiger partial charge in [-0.3, -0.25) is 0 Å². The molecule has 268 valence electrons. The number of rotatable bonds is 7. The molecule has 0 aliphatic carbocycles. The summed E-state index contributed by atoms with van der Waals surface area (Å²) in [6.45, 7) is 0. The summed E-state index contributed by atoms with van der Waals surface area (Å²) in [5.41, 5.74) is 13.9. The van der Waals surface area contributed by atoms with E-state index in [-0.39, 0.29) is 0 Å². The van der Waals surface area contributed by atoms with E-state index >= 15 is 0 Å². The molecule has 0 bridgehead atoms. The first-order valence-electron chi connectivity index (χ1n) is 19.2. The van der Waals surface area contributed by atoms with Gasteiger partial charge in [0.1, 0.15) is 16.7 Å². The van der Waals surface area contributed by atoms with Gasteiger partial charge in [0, 0.05) is 45.0 Å². The number of para-hydroxylation sites is 1. The molecule has 11 rings (SSSR count). The second-order valence-electron chi connectivity index (χ2n) is 14.3. The van der Waals surface area contributed by atoms with Crippen LogP contribution in [-0.4, -0.2) is 4.98 Å². The molecule has 0 radical (unpaired) electrons. The number of nitrogens with zero attached hydrogens (tertiary/aromatic N) is 2. The number of hydrogen-bond donors (Lipinski definition) is 0. The Morgan fingerprint density at radius 3 is 1.75 bits per heavy atom. The van der Waals surface area contributed by atoms with Crippen molar-refractivity contribution in [3.8, 4) is 44.8 Å². The van der Waals surface area contributed by atoms with Gasteiger partial charge in [-0.25, -0.2) is 4.98 Å². The number of benzene rings is 9. The molecule has 11 aromatic rings. The summed E-state index contributed by atoms with van der Waals surface area (Å²) in [6.07, 6.45) is 0. The van der Waals surface area contributed by atoms with Crippen LogP contribution >= 0.6 is 0 Å². The Labute approximate surface area is 329 Å². The van der Waals surface area contributed by atoms with Crippen molar-refractivity contribution in [3.63, 3.8) is 0 Å². The largest absolute Gasteiger partial charge is 0.456 e. The molecule has 4 nitrogen and oxygen atoms in total. The average Bonchev–Trinajstić information content (AvgIpc) is 3.88. The lowest BCUT2D eigenvalue weighted by Gasteiger charge is -2.26. The smallest absolute Gasteiger partial charge is 0.227 e. The third kappa shape index (κ3) is 5.74. The molecule has 2 aromatic heterocycles. The zero-order valence-corrected chi connectivity index (χ0v) is 30.8. The summed E-state index contributed by atoms with van der Waals surface area (Å²) in [5, 5.41) is 4.55. The van der Waals surface area contributed by atoms with Gasteiger partial charge >= 0.3 is 0 Å². The monoisotopic (exact) mass is 730 g/mol. The van der Waals surface area contributed by atoms with Gasteiger partial charge in [0.25, 0.3) is 0 Å². The predicted octanol–water partition coefficient (Wildman–Crippen LogP) is 15.0. The number of fused-ring (bicyclic) bond motifs is 5. The summed E-state index contributed by atoms with van der Waals surface area (Å²) in [4.78, 5) is 7.45. The minimum atomic E-state index is 0.580. The number of hydrogen-bond acceptors (Lipinski definition) is 4. The molecule has 0 spiro atoms. The van der Waals surface area contributed by atoms with Gasteiger partial charge in [-0.15, -0.1) is 0 Å². The second-order valence-corrected chi connectivity index (χ2v) is 14.3. The highest BCUT2D eigenvalue weighted by Crippen LogP contribution is 2.44. The molecule has 0 aliphatic heterocycles. The Bertz CT molecular complexity index is 3210. The highest BCUT2D eigenvalue weighted by molar-refractivity contribution is 6.19. The van der Waals surface area contributed by atoms with Crippen molar-refractivity contribution in [2.24, 2.45) is 0 Å². The topological polar surface area (TPSA) is 42.4 Å². The second kappa shape index (κ2) is 13.6. The highest BCUT2D eigenvalue weighted by Gasteiger charge is 2.22. The van der Waals surface area contributed by atoms with Gasteiger partial charge in [-0.2, -0.15) is 0 Å². The van der Waals surface area contributed by atoms with E-state index in [0.717, 1.165) is 66.8 Å². The Morgan fingerprint density at radius 1 is 0.368 bits per heavy atom. The van der Waals surface area contributed by atoms with Gasteiger partial charge in [-0.1, -0.05) is 146 Å². The SMILES string of the molecule is c1ccc(-c2cccc(N(c3ccc(-c4cccc5ccccc45)cc3)c3ccc(-c4c5nc(-c6ccccc6)oc5cc5oc6ccccc6c45)cc3)c2)cc1. The van der Waals surface area contributed by atoms with Crippen molar-refractivity contribution in [2.75, 3.05) is 4.90 Å². The first kappa shape index (κ1) is 32.7. The van der Waals surface area contributed by atoms with Crippen molar-refractivity contribution in [1.82, 2.24) is 4.98 Å². The van der Waals surface area contributed by atoms with Crippen LogP contribution in [0.3, 0.4) is 0 Å². The molecule has 2 heterocycles. The highest BCUT2D eigenvalue weighted by atomic mass is 16.4. The van der Waals surface area contributed by atoms with Gasteiger partial charge in [0.2, 0.25) is 5.89 Å². The van der Waals surface area contributed by atoms with Crippen LogP contribution in [0.15, 0.2) is 215 Å². The molecule has 4 heteroatoms. The summed E-state index contributed by atoms with van der Waals surface area (Å²) >= 11 is 0. The number of oxazole rings is 1. The van der Waals surface area contributed by atoms with Crippen molar-refractivity contribution in [3.05, 3.63) is 206 Å². The fourth-order valence-corrected chi connectivity index (χ4v) is 8.20. The fourth-order valence-electron chi connectivity index (χ4n) is 8.20. The van der Waals surface area contributed by atoms with Gasteiger partial charge in [-0.05, 0) is 93.2 Å². The quantitative estimate of drug-likeness (QED) is 0.164. The zero-order valence-electron chi connectivity index (χ0n) is 30.8. The van der Waals surface area contributed by atoms with E-state index in [9.17, 15) is 0 Å². The maximum Gasteiger partial charge on any atom is 0.227 e. The number of anilines is 3. The summed E-state index contributed by atoms with van der Waals surface area (Å²) in [6, 6.07) is 72.3. The molecule has 9 aromatic carbocycles. The van der Waals surface area contributed by atoms with E-state index in [4.69, 9.17) is 13.8 Å². The lowest BCUT2D eigenvalue weighted by Crippen LogP contribution is -2.10. The van der Waals surface area contributed by atoms with E-state index in [0.29, 0.717) is 11.5 Å². The predicted molar refractivity (Wildman–Crippen MR) is 235 cm³/mol. The Hall–Kier alpha value is -7.69. The van der Waals surface area contributed by atoms with Gasteiger partial charge in [0.05, 0.1) is 0 Å². The third-order valence-corrected chi connectivity index (χ3v) is 10.9. The van der Waals surface area contributed by atoms with Crippen molar-refractivity contribution >= 4 is 60.9 Å². The Kier molecular flexibility index (Phi) is 7.78. The molecule has 0 amide bonds. The van der Waals surface area contributed by atoms with E-state index in [2.05, 4.69) is 163 Å². The van der Waals surface area contributed by atoms with E-state index in [1.807, 2.05) is 48.5 Å². The van der Waals surface area contributed by atoms with Crippen LogP contribution < -0.4 is 4.90 Å².